The van der Waals surface area contributed by atoms with Gasteiger partial charge in [-0.3, -0.25) is 9.36 Å². The molecule has 2 heterocycles. The Kier molecular flexibility index (Phi) is 7.83. The molecule has 0 amide bonds. The predicted octanol–water partition coefficient (Wildman–Crippen LogP) is 4.89. The molecule has 0 bridgehead atoms. The largest absolute Gasteiger partial charge is 0.495 e. The minimum absolute atomic E-state index is 0.146. The Morgan fingerprint density at radius 2 is 2.06 bits per heavy atom. The Hall–Kier alpha value is -2.82. The van der Waals surface area contributed by atoms with Crippen LogP contribution in [0.25, 0.3) is 11.1 Å². The number of halogens is 1. The molecule has 0 aliphatic carbocycles. The summed E-state index contributed by atoms with van der Waals surface area (Å²) in [7, 11) is 1.47. The van der Waals surface area contributed by atoms with Crippen molar-refractivity contribution in [1.29, 1.82) is 5.26 Å². The molecule has 1 aromatic carbocycles. The van der Waals surface area contributed by atoms with Crippen molar-refractivity contribution in [3.05, 3.63) is 51.4 Å². The first-order valence-corrected chi connectivity index (χ1v) is 11.4. The van der Waals surface area contributed by atoms with Gasteiger partial charge < -0.3 is 14.2 Å². The number of nitriles is 1. The Balaban J connectivity index is 2.09. The molecule has 0 saturated carbocycles. The van der Waals surface area contributed by atoms with Crippen LogP contribution in [0.5, 0.6) is 5.75 Å². The molecule has 0 radical (unpaired) electrons. The van der Waals surface area contributed by atoms with Crippen LogP contribution in [-0.4, -0.2) is 36.0 Å². The van der Waals surface area contributed by atoms with E-state index in [9.17, 15) is 14.9 Å². The number of benzene rings is 1. The van der Waals surface area contributed by atoms with Crippen molar-refractivity contribution in [2.75, 3.05) is 13.7 Å². The zero-order valence-corrected chi connectivity index (χ0v) is 20.1. The molecule has 176 valence electrons. The predicted molar refractivity (Wildman–Crippen MR) is 126 cm³/mol. The molecule has 1 aliphatic heterocycles. The molecule has 2 atom stereocenters. The normalized spacial score (nSPS) is 17.2. The average Bonchev–Trinajstić information content (AvgIpc) is 2.77. The van der Waals surface area contributed by atoms with Crippen LogP contribution in [0.1, 0.15) is 58.1 Å². The molecule has 1 aliphatic rings. The lowest BCUT2D eigenvalue weighted by molar-refractivity contribution is -0.160. The van der Waals surface area contributed by atoms with Gasteiger partial charge in [0, 0.05) is 35.2 Å². The molecule has 1 fully saturated rings. The summed E-state index contributed by atoms with van der Waals surface area (Å²) in [5.41, 5.74) is 0.138. The molecule has 2 unspecified atom stereocenters. The second-order valence-corrected chi connectivity index (χ2v) is 9.51. The SMILES string of the molecule is COc1cn(C(CC2CCCCO2)C(=O)OC(C)(C)C)c(=O)cc1-c1cc(Cl)ccc1C#N. The third-order valence-corrected chi connectivity index (χ3v) is 5.67. The lowest BCUT2D eigenvalue weighted by Crippen LogP contribution is -2.37. The van der Waals surface area contributed by atoms with Gasteiger partial charge in [-0.2, -0.15) is 5.26 Å². The molecular weight excluding hydrogens is 444 g/mol. The van der Waals surface area contributed by atoms with E-state index < -0.39 is 23.2 Å². The highest BCUT2D eigenvalue weighted by atomic mass is 35.5. The molecule has 0 spiro atoms. The third kappa shape index (κ3) is 6.16. The summed E-state index contributed by atoms with van der Waals surface area (Å²) >= 11 is 6.14. The maximum atomic E-state index is 13.3. The summed E-state index contributed by atoms with van der Waals surface area (Å²) in [4.78, 5) is 26.4. The van der Waals surface area contributed by atoms with Gasteiger partial charge in [0.2, 0.25) is 0 Å². The van der Waals surface area contributed by atoms with Crippen LogP contribution >= 0.6 is 11.6 Å². The van der Waals surface area contributed by atoms with Crippen molar-refractivity contribution in [2.24, 2.45) is 0 Å². The molecule has 3 rings (SSSR count). The molecule has 1 aromatic heterocycles. The molecule has 8 heteroatoms. The number of carbonyl (C=O) groups excluding carboxylic acids is 1. The molecule has 33 heavy (non-hydrogen) atoms. The van der Waals surface area contributed by atoms with Gasteiger partial charge >= 0.3 is 5.97 Å². The van der Waals surface area contributed by atoms with E-state index in [4.69, 9.17) is 25.8 Å². The zero-order valence-electron chi connectivity index (χ0n) is 19.4. The highest BCUT2D eigenvalue weighted by molar-refractivity contribution is 6.31. The lowest BCUT2D eigenvalue weighted by Gasteiger charge is -2.29. The molecule has 2 aromatic rings. The fourth-order valence-corrected chi connectivity index (χ4v) is 4.09. The summed E-state index contributed by atoms with van der Waals surface area (Å²) in [6, 6.07) is 7.42. The molecule has 1 saturated heterocycles. The van der Waals surface area contributed by atoms with E-state index in [0.29, 0.717) is 40.5 Å². The lowest BCUT2D eigenvalue weighted by atomic mass is 9.99. The Morgan fingerprint density at radius 1 is 1.30 bits per heavy atom. The van der Waals surface area contributed by atoms with Crippen LogP contribution in [0.3, 0.4) is 0 Å². The first-order valence-electron chi connectivity index (χ1n) is 11.0. The van der Waals surface area contributed by atoms with Crippen LogP contribution < -0.4 is 10.3 Å². The molecule has 0 N–H and O–H groups in total. The number of nitrogens with zero attached hydrogens (tertiary/aromatic N) is 2. The van der Waals surface area contributed by atoms with Crippen molar-refractivity contribution in [3.63, 3.8) is 0 Å². The number of ether oxygens (including phenoxy) is 3. The van der Waals surface area contributed by atoms with E-state index in [1.807, 2.05) is 0 Å². The van der Waals surface area contributed by atoms with E-state index in [0.717, 1.165) is 19.3 Å². The van der Waals surface area contributed by atoms with Crippen LogP contribution in [0.2, 0.25) is 5.02 Å². The maximum Gasteiger partial charge on any atom is 0.329 e. The Bertz CT molecular complexity index is 1110. The zero-order chi connectivity index (χ0) is 24.2. The number of methoxy groups -OCH3 is 1. The molecule has 7 nitrogen and oxygen atoms in total. The number of hydrogen-bond acceptors (Lipinski definition) is 6. The topological polar surface area (TPSA) is 90.5 Å². The van der Waals surface area contributed by atoms with Gasteiger partial charge in [0.15, 0.2) is 0 Å². The fraction of sp³-hybridized carbons (Fsp3) is 0.480. The van der Waals surface area contributed by atoms with Crippen LogP contribution in [0.4, 0.5) is 0 Å². The number of carbonyl (C=O) groups is 1. The highest BCUT2D eigenvalue weighted by Crippen LogP contribution is 2.34. The summed E-state index contributed by atoms with van der Waals surface area (Å²) in [5.74, 6) is -0.166. The summed E-state index contributed by atoms with van der Waals surface area (Å²) in [6.45, 7) is 5.99. The van der Waals surface area contributed by atoms with E-state index >= 15 is 0 Å². The van der Waals surface area contributed by atoms with Crippen LogP contribution in [0, 0.1) is 11.3 Å². The number of hydrogen-bond donors (Lipinski definition) is 0. The minimum atomic E-state index is -0.877. The van der Waals surface area contributed by atoms with Gasteiger partial charge in [-0.25, -0.2) is 4.79 Å². The fourth-order valence-electron chi connectivity index (χ4n) is 3.92. The number of aromatic nitrogens is 1. The van der Waals surface area contributed by atoms with Gasteiger partial charge in [0.05, 0.1) is 31.0 Å². The van der Waals surface area contributed by atoms with E-state index in [1.165, 1.54) is 23.9 Å². The van der Waals surface area contributed by atoms with Crippen molar-refractivity contribution < 1.29 is 19.0 Å². The first kappa shape index (κ1) is 24.8. The van der Waals surface area contributed by atoms with Crippen LogP contribution in [-0.2, 0) is 14.3 Å². The smallest absolute Gasteiger partial charge is 0.329 e. The van der Waals surface area contributed by atoms with E-state index in [2.05, 4.69) is 6.07 Å². The standard InChI is InChI=1S/C25H29ClN2O5/c1-25(2,3)33-24(30)21(12-18-7-5-6-10-32-18)28-15-22(31-4)20(13-23(28)29)19-11-17(26)9-8-16(19)14-27/h8-9,11,13,15,18,21H,5-7,10,12H2,1-4H3. The average molecular weight is 473 g/mol. The monoisotopic (exact) mass is 472 g/mol. The molecular formula is C25H29ClN2O5. The van der Waals surface area contributed by atoms with E-state index in [1.54, 1.807) is 39.0 Å². The van der Waals surface area contributed by atoms with Crippen molar-refractivity contribution >= 4 is 17.6 Å². The van der Waals surface area contributed by atoms with Gasteiger partial charge in [-0.1, -0.05) is 11.6 Å². The first-order chi connectivity index (χ1) is 15.6. The number of rotatable bonds is 6. The van der Waals surface area contributed by atoms with Crippen molar-refractivity contribution in [1.82, 2.24) is 4.57 Å². The maximum absolute atomic E-state index is 13.3. The minimum Gasteiger partial charge on any atom is -0.495 e. The Labute approximate surface area is 198 Å². The second kappa shape index (κ2) is 10.4. The highest BCUT2D eigenvalue weighted by Gasteiger charge is 2.32. The van der Waals surface area contributed by atoms with Gasteiger partial charge in [-0.05, 0) is 58.2 Å². The third-order valence-electron chi connectivity index (χ3n) is 5.43. The van der Waals surface area contributed by atoms with Crippen molar-refractivity contribution in [3.8, 4) is 22.9 Å². The number of pyridine rings is 1. The quantitative estimate of drug-likeness (QED) is 0.556. The second-order valence-electron chi connectivity index (χ2n) is 9.08. The Morgan fingerprint density at radius 3 is 2.67 bits per heavy atom. The van der Waals surface area contributed by atoms with Crippen molar-refractivity contribution in [2.45, 2.75) is 64.2 Å². The summed E-state index contributed by atoms with van der Waals surface area (Å²) in [5, 5.41) is 9.94. The van der Waals surface area contributed by atoms with Gasteiger partial charge in [0.1, 0.15) is 17.4 Å². The van der Waals surface area contributed by atoms with Crippen LogP contribution in [0.15, 0.2) is 35.3 Å². The van der Waals surface area contributed by atoms with Gasteiger partial charge in [0.25, 0.3) is 5.56 Å². The number of esters is 1. The van der Waals surface area contributed by atoms with Gasteiger partial charge in [-0.15, -0.1) is 0 Å². The summed E-state index contributed by atoms with van der Waals surface area (Å²) in [6.07, 6.45) is 4.48. The van der Waals surface area contributed by atoms with E-state index in [-0.39, 0.29) is 6.10 Å². The summed E-state index contributed by atoms with van der Waals surface area (Å²) < 4.78 is 18.4.